The molecule has 27 heavy (non-hydrogen) atoms. The maximum atomic E-state index is 12.4. The maximum absolute atomic E-state index is 12.4. The Kier molecular flexibility index (Phi) is 8.26. The summed E-state index contributed by atoms with van der Waals surface area (Å²) in [5, 5.41) is 5.70. The molecule has 1 aliphatic rings. The van der Waals surface area contributed by atoms with E-state index in [1.54, 1.807) is 4.90 Å². The van der Waals surface area contributed by atoms with Gasteiger partial charge < -0.3 is 15.4 Å². The number of esters is 1. The molecule has 0 bridgehead atoms. The third-order valence-electron chi connectivity index (χ3n) is 4.59. The molecule has 1 aromatic rings. The van der Waals surface area contributed by atoms with Crippen molar-refractivity contribution in [3.63, 3.8) is 0 Å². The van der Waals surface area contributed by atoms with Gasteiger partial charge in [-0.1, -0.05) is 43.7 Å². The van der Waals surface area contributed by atoms with E-state index in [2.05, 4.69) is 10.6 Å². The molecule has 7 nitrogen and oxygen atoms in total. The summed E-state index contributed by atoms with van der Waals surface area (Å²) in [6, 6.07) is 8.87. The maximum Gasteiger partial charge on any atom is 0.307 e. The van der Waals surface area contributed by atoms with E-state index in [-0.39, 0.29) is 30.8 Å². The fourth-order valence-electron chi connectivity index (χ4n) is 3.02. The molecule has 0 aliphatic carbocycles. The van der Waals surface area contributed by atoms with Crippen molar-refractivity contribution in [1.82, 2.24) is 15.5 Å². The highest BCUT2D eigenvalue weighted by Gasteiger charge is 2.33. The lowest BCUT2D eigenvalue weighted by Gasteiger charge is -2.34. The van der Waals surface area contributed by atoms with Crippen molar-refractivity contribution in [2.45, 2.75) is 45.2 Å². The zero-order valence-corrected chi connectivity index (χ0v) is 16.1. The smallest absolute Gasteiger partial charge is 0.307 e. The van der Waals surface area contributed by atoms with Gasteiger partial charge in [0, 0.05) is 13.1 Å². The SMILES string of the molecule is CCCCOC(=O)CC1C(=O)NCCN1CC(=O)NC(C)c1ccccc1. The van der Waals surface area contributed by atoms with Crippen LogP contribution >= 0.6 is 0 Å². The number of ether oxygens (including phenoxy) is 1. The first-order chi connectivity index (χ1) is 13.0. The number of nitrogens with one attached hydrogen (secondary N) is 2. The molecule has 148 valence electrons. The zero-order chi connectivity index (χ0) is 19.6. The van der Waals surface area contributed by atoms with Crippen molar-refractivity contribution in [2.24, 2.45) is 0 Å². The summed E-state index contributed by atoms with van der Waals surface area (Å²) in [5.74, 6) is -0.823. The molecular formula is C20H29N3O4. The molecule has 2 unspecified atom stereocenters. The second-order valence-corrected chi connectivity index (χ2v) is 6.76. The van der Waals surface area contributed by atoms with Crippen LogP contribution in [0.4, 0.5) is 0 Å². The molecule has 2 amide bonds. The summed E-state index contributed by atoms with van der Waals surface area (Å²) < 4.78 is 5.16. The van der Waals surface area contributed by atoms with E-state index in [1.165, 1.54) is 0 Å². The van der Waals surface area contributed by atoms with Crippen molar-refractivity contribution in [3.8, 4) is 0 Å². The Morgan fingerprint density at radius 3 is 2.78 bits per heavy atom. The first kappa shape index (κ1) is 20.9. The van der Waals surface area contributed by atoms with Gasteiger partial charge >= 0.3 is 5.97 Å². The highest BCUT2D eigenvalue weighted by Crippen LogP contribution is 2.13. The molecule has 1 heterocycles. The number of rotatable bonds is 9. The molecule has 2 N–H and O–H groups in total. The largest absolute Gasteiger partial charge is 0.466 e. The van der Waals surface area contributed by atoms with Gasteiger partial charge in [0.25, 0.3) is 0 Å². The van der Waals surface area contributed by atoms with Crippen LogP contribution in [0.2, 0.25) is 0 Å². The standard InChI is InChI=1S/C20H29N3O4/c1-3-4-12-27-19(25)13-17-20(26)21-10-11-23(17)14-18(24)22-15(2)16-8-6-5-7-9-16/h5-9,15,17H,3-4,10-14H2,1-2H3,(H,21,26)(H,22,24). The number of unbranched alkanes of at least 4 members (excludes halogenated alkanes) is 1. The first-order valence-corrected chi connectivity index (χ1v) is 9.53. The predicted molar refractivity (Wildman–Crippen MR) is 102 cm³/mol. The second kappa shape index (κ2) is 10.7. The van der Waals surface area contributed by atoms with Crippen LogP contribution in [0, 0.1) is 0 Å². The summed E-state index contributed by atoms with van der Waals surface area (Å²) in [5.41, 5.74) is 1.01. The second-order valence-electron chi connectivity index (χ2n) is 6.76. The lowest BCUT2D eigenvalue weighted by molar-refractivity contribution is -0.149. The molecule has 0 radical (unpaired) electrons. The van der Waals surface area contributed by atoms with Crippen LogP contribution in [0.3, 0.4) is 0 Å². The summed E-state index contributed by atoms with van der Waals surface area (Å²) in [6.45, 7) is 5.34. The van der Waals surface area contributed by atoms with Crippen LogP contribution in [0.1, 0.15) is 44.7 Å². The summed E-state index contributed by atoms with van der Waals surface area (Å²) >= 11 is 0. The van der Waals surface area contributed by atoms with E-state index in [9.17, 15) is 14.4 Å². The molecule has 0 saturated carbocycles. The third kappa shape index (κ3) is 6.67. The van der Waals surface area contributed by atoms with Crippen LogP contribution < -0.4 is 10.6 Å². The molecule has 2 rings (SSSR count). The molecule has 1 aliphatic heterocycles. The number of hydrogen-bond acceptors (Lipinski definition) is 5. The Morgan fingerprint density at radius 1 is 1.33 bits per heavy atom. The number of piperazine rings is 1. The van der Waals surface area contributed by atoms with Crippen LogP contribution in [0.5, 0.6) is 0 Å². The number of amides is 2. The van der Waals surface area contributed by atoms with Crippen molar-refractivity contribution < 1.29 is 19.1 Å². The molecular weight excluding hydrogens is 346 g/mol. The van der Waals surface area contributed by atoms with E-state index < -0.39 is 12.0 Å². The van der Waals surface area contributed by atoms with Crippen molar-refractivity contribution in [2.75, 3.05) is 26.2 Å². The molecule has 1 aromatic carbocycles. The fraction of sp³-hybridized carbons (Fsp3) is 0.550. The Bertz CT molecular complexity index is 635. The lowest BCUT2D eigenvalue weighted by Crippen LogP contribution is -2.58. The van der Waals surface area contributed by atoms with Crippen molar-refractivity contribution in [3.05, 3.63) is 35.9 Å². The monoisotopic (exact) mass is 375 g/mol. The predicted octanol–water partition coefficient (Wildman–Crippen LogP) is 1.40. The third-order valence-corrected chi connectivity index (χ3v) is 4.59. The van der Waals surface area contributed by atoms with Crippen molar-refractivity contribution >= 4 is 17.8 Å². The first-order valence-electron chi connectivity index (χ1n) is 9.53. The van der Waals surface area contributed by atoms with Crippen LogP contribution in [0.15, 0.2) is 30.3 Å². The van der Waals surface area contributed by atoms with Gasteiger partial charge in [0.2, 0.25) is 11.8 Å². The van der Waals surface area contributed by atoms with Crippen LogP contribution in [-0.4, -0.2) is 55.0 Å². The molecule has 1 fully saturated rings. The van der Waals surface area contributed by atoms with E-state index in [4.69, 9.17) is 4.74 Å². The van der Waals surface area contributed by atoms with Crippen molar-refractivity contribution in [1.29, 1.82) is 0 Å². The average Bonchev–Trinajstić information content (AvgIpc) is 2.65. The number of carbonyl (C=O) groups excluding carboxylic acids is 3. The minimum atomic E-state index is -0.675. The van der Waals surface area contributed by atoms with E-state index >= 15 is 0 Å². The number of hydrogen-bond donors (Lipinski definition) is 2. The normalized spacial score (nSPS) is 18.4. The van der Waals surface area contributed by atoms with Crippen LogP contribution in [-0.2, 0) is 19.1 Å². The number of carbonyl (C=O) groups is 3. The van der Waals surface area contributed by atoms with Gasteiger partial charge in [-0.25, -0.2) is 0 Å². The quantitative estimate of drug-likeness (QED) is 0.503. The number of nitrogens with zero attached hydrogens (tertiary/aromatic N) is 1. The van der Waals surface area contributed by atoms with Gasteiger partial charge in [0.1, 0.15) is 6.04 Å². The van der Waals surface area contributed by atoms with Gasteiger partial charge in [0.05, 0.1) is 25.6 Å². The molecule has 0 spiro atoms. The van der Waals surface area contributed by atoms with Gasteiger partial charge in [-0.05, 0) is 18.9 Å². The summed E-state index contributed by atoms with van der Waals surface area (Å²) in [7, 11) is 0. The topological polar surface area (TPSA) is 87.7 Å². The summed E-state index contributed by atoms with van der Waals surface area (Å²) in [6.07, 6.45) is 1.69. The Balaban J connectivity index is 1.90. The highest BCUT2D eigenvalue weighted by atomic mass is 16.5. The summed E-state index contributed by atoms with van der Waals surface area (Å²) in [4.78, 5) is 38.4. The Labute approximate surface area is 160 Å². The van der Waals surface area contributed by atoms with Gasteiger partial charge in [-0.15, -0.1) is 0 Å². The highest BCUT2D eigenvalue weighted by molar-refractivity contribution is 5.88. The fourth-order valence-corrected chi connectivity index (χ4v) is 3.02. The van der Waals surface area contributed by atoms with E-state index in [0.717, 1.165) is 18.4 Å². The Morgan fingerprint density at radius 2 is 2.07 bits per heavy atom. The number of benzene rings is 1. The van der Waals surface area contributed by atoms with Gasteiger partial charge in [-0.3, -0.25) is 19.3 Å². The molecule has 0 aromatic heterocycles. The molecule has 2 atom stereocenters. The lowest BCUT2D eigenvalue weighted by atomic mass is 10.1. The van der Waals surface area contributed by atoms with E-state index in [1.807, 2.05) is 44.2 Å². The molecule has 1 saturated heterocycles. The van der Waals surface area contributed by atoms with E-state index in [0.29, 0.717) is 19.7 Å². The minimum absolute atomic E-state index is 0.0446. The zero-order valence-electron chi connectivity index (χ0n) is 16.1. The average molecular weight is 375 g/mol. The molecule has 7 heteroatoms. The van der Waals surface area contributed by atoms with Crippen LogP contribution in [0.25, 0.3) is 0 Å². The Hall–Kier alpha value is -2.41. The van der Waals surface area contributed by atoms with Gasteiger partial charge in [0.15, 0.2) is 0 Å². The minimum Gasteiger partial charge on any atom is -0.466 e. The van der Waals surface area contributed by atoms with Gasteiger partial charge in [-0.2, -0.15) is 0 Å².